The first-order valence-electron chi connectivity index (χ1n) is 6.28. The fraction of sp³-hybridized carbons (Fsp3) is 1.00. The van der Waals surface area contributed by atoms with E-state index in [9.17, 15) is 0 Å². The Hall–Kier alpha value is -0.120. The summed E-state index contributed by atoms with van der Waals surface area (Å²) in [5, 5.41) is 12.4. The Balaban J connectivity index is 1.86. The maximum absolute atomic E-state index is 9.09. The molecule has 15 heavy (non-hydrogen) atoms. The molecule has 0 saturated heterocycles. The van der Waals surface area contributed by atoms with Crippen molar-refractivity contribution < 1.29 is 9.84 Å². The minimum atomic E-state index is 0.214. The summed E-state index contributed by atoms with van der Waals surface area (Å²) in [5.74, 6) is 0.955. The van der Waals surface area contributed by atoms with Crippen molar-refractivity contribution >= 4 is 0 Å². The molecular weight excluding hydrogens is 190 g/mol. The van der Waals surface area contributed by atoms with E-state index in [1.807, 2.05) is 0 Å². The molecule has 1 fully saturated rings. The van der Waals surface area contributed by atoms with Crippen LogP contribution in [0.4, 0.5) is 0 Å². The van der Waals surface area contributed by atoms with Crippen molar-refractivity contribution in [1.29, 1.82) is 0 Å². The number of ether oxygens (including phenoxy) is 1. The maximum Gasteiger partial charge on any atom is 0.0585 e. The molecule has 90 valence electrons. The van der Waals surface area contributed by atoms with Gasteiger partial charge >= 0.3 is 0 Å². The number of hydrogen-bond acceptors (Lipinski definition) is 3. The number of hydrogen-bond donors (Lipinski definition) is 2. The van der Waals surface area contributed by atoms with E-state index in [4.69, 9.17) is 9.84 Å². The summed E-state index contributed by atoms with van der Waals surface area (Å²) in [4.78, 5) is 0. The largest absolute Gasteiger partial charge is 0.395 e. The van der Waals surface area contributed by atoms with Gasteiger partial charge < -0.3 is 15.2 Å². The summed E-state index contributed by atoms with van der Waals surface area (Å²) in [6, 6.07) is 0.214. The predicted octanol–water partition coefficient (Wildman–Crippen LogP) is 1.55. The Morgan fingerprint density at radius 1 is 1.40 bits per heavy atom. The Morgan fingerprint density at radius 2 is 2.20 bits per heavy atom. The van der Waals surface area contributed by atoms with Crippen LogP contribution in [0, 0.1) is 5.92 Å². The van der Waals surface area contributed by atoms with Crippen molar-refractivity contribution in [2.45, 2.75) is 45.1 Å². The van der Waals surface area contributed by atoms with Gasteiger partial charge in [-0.25, -0.2) is 0 Å². The summed E-state index contributed by atoms with van der Waals surface area (Å²) < 4.78 is 5.55. The number of aliphatic hydroxyl groups is 1. The van der Waals surface area contributed by atoms with Crippen molar-refractivity contribution in [3.05, 3.63) is 0 Å². The zero-order chi connectivity index (χ0) is 10.9. The lowest BCUT2D eigenvalue weighted by molar-refractivity contribution is 0.109. The van der Waals surface area contributed by atoms with Crippen molar-refractivity contribution in [1.82, 2.24) is 5.32 Å². The lowest BCUT2D eigenvalue weighted by Gasteiger charge is -2.15. The summed E-state index contributed by atoms with van der Waals surface area (Å²) in [5.41, 5.74) is 0. The second-order valence-electron chi connectivity index (χ2n) is 4.47. The van der Waals surface area contributed by atoms with Crippen molar-refractivity contribution in [2.24, 2.45) is 5.92 Å². The molecule has 1 unspecified atom stereocenters. The van der Waals surface area contributed by atoms with Crippen LogP contribution in [0.1, 0.15) is 39.0 Å². The van der Waals surface area contributed by atoms with Gasteiger partial charge in [0.25, 0.3) is 0 Å². The zero-order valence-electron chi connectivity index (χ0n) is 9.87. The molecule has 2 N–H and O–H groups in total. The number of rotatable bonds is 10. The molecule has 3 nitrogen and oxygen atoms in total. The average Bonchev–Trinajstić information content (AvgIpc) is 3.06. The van der Waals surface area contributed by atoms with Gasteiger partial charge in [-0.3, -0.25) is 0 Å². The molecule has 0 heterocycles. The first-order chi connectivity index (χ1) is 7.36. The number of aliphatic hydroxyl groups excluding tert-OH is 1. The molecule has 0 aromatic carbocycles. The molecule has 1 aliphatic carbocycles. The third kappa shape index (κ3) is 6.88. The van der Waals surface area contributed by atoms with Crippen LogP contribution in [0.5, 0.6) is 0 Å². The van der Waals surface area contributed by atoms with E-state index in [2.05, 4.69) is 12.2 Å². The van der Waals surface area contributed by atoms with E-state index in [0.29, 0.717) is 0 Å². The molecule has 3 heteroatoms. The molecule has 0 aliphatic heterocycles. The van der Waals surface area contributed by atoms with Crippen LogP contribution in [0.3, 0.4) is 0 Å². The lowest BCUT2D eigenvalue weighted by Crippen LogP contribution is -2.34. The molecule has 1 rings (SSSR count). The van der Waals surface area contributed by atoms with Gasteiger partial charge in [0.2, 0.25) is 0 Å². The fourth-order valence-corrected chi connectivity index (χ4v) is 1.59. The molecule has 0 aromatic rings. The topological polar surface area (TPSA) is 41.5 Å². The normalized spacial score (nSPS) is 18.0. The molecule has 0 aromatic heterocycles. The van der Waals surface area contributed by atoms with Gasteiger partial charge in [0.05, 0.1) is 6.61 Å². The Morgan fingerprint density at radius 3 is 2.80 bits per heavy atom. The van der Waals surface area contributed by atoms with Crippen LogP contribution in [0.25, 0.3) is 0 Å². The van der Waals surface area contributed by atoms with E-state index >= 15 is 0 Å². The highest BCUT2D eigenvalue weighted by Gasteiger charge is 2.20. The smallest absolute Gasteiger partial charge is 0.0585 e. The van der Waals surface area contributed by atoms with Crippen molar-refractivity contribution in [3.63, 3.8) is 0 Å². The van der Waals surface area contributed by atoms with Gasteiger partial charge in [-0.2, -0.15) is 0 Å². The van der Waals surface area contributed by atoms with Gasteiger partial charge in [-0.1, -0.05) is 19.8 Å². The maximum atomic E-state index is 9.09. The van der Waals surface area contributed by atoms with Crippen LogP contribution in [0.15, 0.2) is 0 Å². The molecule has 0 spiro atoms. The number of nitrogens with one attached hydrogen (secondary N) is 1. The van der Waals surface area contributed by atoms with E-state index in [0.717, 1.165) is 38.5 Å². The first kappa shape index (κ1) is 12.9. The van der Waals surface area contributed by atoms with Crippen molar-refractivity contribution in [3.8, 4) is 0 Å². The summed E-state index contributed by atoms with van der Waals surface area (Å²) in [7, 11) is 0. The average molecular weight is 215 g/mol. The molecule has 0 radical (unpaired) electrons. The van der Waals surface area contributed by atoms with Gasteiger partial charge in [0, 0.05) is 19.3 Å². The molecular formula is C12H25NO2. The van der Waals surface area contributed by atoms with Crippen LogP contribution in [-0.2, 0) is 4.74 Å². The minimum Gasteiger partial charge on any atom is -0.395 e. The molecule has 0 amide bonds. The van der Waals surface area contributed by atoms with Gasteiger partial charge in [0.15, 0.2) is 0 Å². The second-order valence-corrected chi connectivity index (χ2v) is 4.47. The second kappa shape index (κ2) is 8.08. The SMILES string of the molecule is CCCNC(CO)CCOCCC1CC1. The van der Waals surface area contributed by atoms with E-state index < -0.39 is 0 Å². The third-order valence-corrected chi connectivity index (χ3v) is 2.88. The van der Waals surface area contributed by atoms with Crippen LogP contribution >= 0.6 is 0 Å². The standard InChI is InChI=1S/C12H25NO2/c1-2-7-13-12(10-14)6-9-15-8-5-11-3-4-11/h11-14H,2-10H2,1H3. The van der Waals surface area contributed by atoms with E-state index in [1.165, 1.54) is 19.3 Å². The summed E-state index contributed by atoms with van der Waals surface area (Å²) in [6.07, 6.45) is 6.06. The Kier molecular flexibility index (Phi) is 6.98. The fourth-order valence-electron chi connectivity index (χ4n) is 1.59. The molecule has 1 atom stereocenters. The van der Waals surface area contributed by atoms with Crippen LogP contribution in [0.2, 0.25) is 0 Å². The van der Waals surface area contributed by atoms with Crippen molar-refractivity contribution in [2.75, 3.05) is 26.4 Å². The highest BCUT2D eigenvalue weighted by atomic mass is 16.5. The highest BCUT2D eigenvalue weighted by molar-refractivity contribution is 4.72. The van der Waals surface area contributed by atoms with Crippen LogP contribution < -0.4 is 5.32 Å². The monoisotopic (exact) mass is 215 g/mol. The van der Waals surface area contributed by atoms with E-state index in [1.54, 1.807) is 0 Å². The quantitative estimate of drug-likeness (QED) is 0.543. The summed E-state index contributed by atoms with van der Waals surface area (Å²) in [6.45, 7) is 5.00. The highest BCUT2D eigenvalue weighted by Crippen LogP contribution is 2.32. The lowest BCUT2D eigenvalue weighted by atomic mass is 10.2. The first-order valence-corrected chi connectivity index (χ1v) is 6.28. The minimum absolute atomic E-state index is 0.214. The third-order valence-electron chi connectivity index (χ3n) is 2.88. The van der Waals surface area contributed by atoms with Gasteiger partial charge in [-0.05, 0) is 31.7 Å². The predicted molar refractivity (Wildman–Crippen MR) is 61.9 cm³/mol. The van der Waals surface area contributed by atoms with E-state index in [-0.39, 0.29) is 12.6 Å². The molecule has 0 bridgehead atoms. The zero-order valence-corrected chi connectivity index (χ0v) is 9.87. The Labute approximate surface area is 93.2 Å². The molecule has 1 saturated carbocycles. The Bertz CT molecular complexity index is 149. The van der Waals surface area contributed by atoms with Gasteiger partial charge in [-0.15, -0.1) is 0 Å². The molecule has 1 aliphatic rings. The van der Waals surface area contributed by atoms with Gasteiger partial charge in [0.1, 0.15) is 0 Å². The van der Waals surface area contributed by atoms with Crippen LogP contribution in [-0.4, -0.2) is 37.5 Å². The summed E-state index contributed by atoms with van der Waals surface area (Å²) >= 11 is 0.